The second-order valence-corrected chi connectivity index (χ2v) is 5.33. The maximum absolute atomic E-state index is 13.1. The SMILES string of the molecule is Cl.N[C@H]1CCN(c2ccc(-c3ccccc3C(F)(F)F)cn2)C1=O. The number of nitrogens with two attached hydrogens (primary N) is 1. The quantitative estimate of drug-likeness (QED) is 0.897. The number of aromatic nitrogens is 1. The Balaban J connectivity index is 0.00000208. The molecule has 128 valence electrons. The van der Waals surface area contributed by atoms with Crippen LogP contribution in [0.15, 0.2) is 42.6 Å². The summed E-state index contributed by atoms with van der Waals surface area (Å²) < 4.78 is 39.2. The van der Waals surface area contributed by atoms with Gasteiger partial charge in [0.15, 0.2) is 0 Å². The van der Waals surface area contributed by atoms with E-state index < -0.39 is 17.8 Å². The molecule has 1 saturated heterocycles. The van der Waals surface area contributed by atoms with E-state index in [0.29, 0.717) is 24.3 Å². The van der Waals surface area contributed by atoms with Crippen LogP contribution >= 0.6 is 12.4 Å². The standard InChI is InChI=1S/C16H14F3N3O.ClH/c17-16(18,19)12-4-2-1-3-11(12)10-5-6-14(21-9-10)22-8-7-13(20)15(22)23;/h1-6,9,13H,7-8,20H2;1H/t13-;/m0./s1. The van der Waals surface area contributed by atoms with Crippen LogP contribution in [0.5, 0.6) is 0 Å². The van der Waals surface area contributed by atoms with Crippen LogP contribution in [0.3, 0.4) is 0 Å². The predicted molar refractivity (Wildman–Crippen MR) is 86.9 cm³/mol. The fourth-order valence-corrected chi connectivity index (χ4v) is 2.62. The molecule has 2 N–H and O–H groups in total. The third-order valence-electron chi connectivity index (χ3n) is 3.81. The topological polar surface area (TPSA) is 59.2 Å². The van der Waals surface area contributed by atoms with E-state index >= 15 is 0 Å². The third kappa shape index (κ3) is 3.37. The zero-order valence-electron chi connectivity index (χ0n) is 12.5. The molecular formula is C16H15ClF3N3O. The fraction of sp³-hybridized carbons (Fsp3) is 0.250. The van der Waals surface area contributed by atoms with Crippen molar-refractivity contribution in [2.24, 2.45) is 5.73 Å². The van der Waals surface area contributed by atoms with Gasteiger partial charge in [0.2, 0.25) is 5.91 Å². The molecule has 0 unspecified atom stereocenters. The minimum absolute atomic E-state index is 0. The predicted octanol–water partition coefficient (Wildman–Crippen LogP) is 3.25. The molecule has 4 nitrogen and oxygen atoms in total. The van der Waals surface area contributed by atoms with E-state index in [1.807, 2.05) is 0 Å². The van der Waals surface area contributed by atoms with E-state index in [1.165, 1.54) is 29.3 Å². The first-order chi connectivity index (χ1) is 10.9. The van der Waals surface area contributed by atoms with Gasteiger partial charge in [-0.15, -0.1) is 12.4 Å². The lowest BCUT2D eigenvalue weighted by molar-refractivity contribution is -0.137. The first-order valence-electron chi connectivity index (χ1n) is 7.07. The summed E-state index contributed by atoms with van der Waals surface area (Å²) in [4.78, 5) is 17.4. The maximum atomic E-state index is 13.1. The van der Waals surface area contributed by atoms with Gasteiger partial charge in [-0.25, -0.2) is 4.98 Å². The summed E-state index contributed by atoms with van der Waals surface area (Å²) >= 11 is 0. The molecule has 1 fully saturated rings. The summed E-state index contributed by atoms with van der Waals surface area (Å²) in [6.07, 6.45) is -2.55. The Kier molecular flexibility index (Phi) is 5.15. The van der Waals surface area contributed by atoms with Gasteiger partial charge in [0, 0.05) is 18.3 Å². The summed E-state index contributed by atoms with van der Waals surface area (Å²) in [5.41, 5.74) is 5.34. The molecule has 3 rings (SSSR count). The summed E-state index contributed by atoms with van der Waals surface area (Å²) in [5, 5.41) is 0. The highest BCUT2D eigenvalue weighted by Gasteiger charge is 2.34. The fourth-order valence-electron chi connectivity index (χ4n) is 2.62. The van der Waals surface area contributed by atoms with Gasteiger partial charge in [-0.2, -0.15) is 13.2 Å². The number of hydrogen-bond acceptors (Lipinski definition) is 3. The molecule has 2 aromatic rings. The number of benzene rings is 1. The van der Waals surface area contributed by atoms with Crippen LogP contribution in [0.1, 0.15) is 12.0 Å². The van der Waals surface area contributed by atoms with E-state index in [2.05, 4.69) is 4.98 Å². The van der Waals surface area contributed by atoms with Crippen molar-refractivity contribution in [1.82, 2.24) is 4.98 Å². The molecule has 1 aromatic carbocycles. The van der Waals surface area contributed by atoms with E-state index in [1.54, 1.807) is 12.1 Å². The molecule has 8 heteroatoms. The number of nitrogens with zero attached hydrogens (tertiary/aromatic N) is 2. The number of alkyl halides is 3. The number of rotatable bonds is 2. The lowest BCUT2D eigenvalue weighted by Gasteiger charge is -2.16. The van der Waals surface area contributed by atoms with Gasteiger partial charge in [0.25, 0.3) is 0 Å². The largest absolute Gasteiger partial charge is 0.417 e. The summed E-state index contributed by atoms with van der Waals surface area (Å²) in [6, 6.07) is 7.85. The van der Waals surface area contributed by atoms with Crippen LogP contribution in [-0.2, 0) is 11.0 Å². The summed E-state index contributed by atoms with van der Waals surface area (Å²) in [7, 11) is 0. The Labute approximate surface area is 142 Å². The van der Waals surface area contributed by atoms with Crippen molar-refractivity contribution in [2.45, 2.75) is 18.6 Å². The van der Waals surface area contributed by atoms with Crippen molar-refractivity contribution in [3.05, 3.63) is 48.2 Å². The molecule has 1 atom stereocenters. The van der Waals surface area contributed by atoms with E-state index in [0.717, 1.165) is 6.07 Å². The van der Waals surface area contributed by atoms with Gasteiger partial charge in [-0.1, -0.05) is 18.2 Å². The number of anilines is 1. The molecule has 0 bridgehead atoms. The van der Waals surface area contributed by atoms with Crippen LogP contribution in [0.4, 0.5) is 19.0 Å². The smallest absolute Gasteiger partial charge is 0.320 e. The van der Waals surface area contributed by atoms with E-state index in [-0.39, 0.29) is 23.9 Å². The lowest BCUT2D eigenvalue weighted by atomic mass is 10.0. The Morgan fingerprint density at radius 2 is 1.88 bits per heavy atom. The average Bonchev–Trinajstić information content (AvgIpc) is 2.86. The monoisotopic (exact) mass is 357 g/mol. The molecular weight excluding hydrogens is 343 g/mol. The van der Waals surface area contributed by atoms with Gasteiger partial charge in [-0.05, 0) is 30.2 Å². The van der Waals surface area contributed by atoms with Crippen molar-refractivity contribution in [2.75, 3.05) is 11.4 Å². The van der Waals surface area contributed by atoms with E-state index in [9.17, 15) is 18.0 Å². The first-order valence-corrected chi connectivity index (χ1v) is 7.07. The van der Waals surface area contributed by atoms with Gasteiger partial charge in [0.1, 0.15) is 5.82 Å². The lowest BCUT2D eigenvalue weighted by Crippen LogP contribution is -2.34. The van der Waals surface area contributed by atoms with E-state index in [4.69, 9.17) is 5.73 Å². The maximum Gasteiger partial charge on any atom is 0.417 e. The Hall–Kier alpha value is -2.12. The zero-order valence-corrected chi connectivity index (χ0v) is 13.3. The van der Waals surface area contributed by atoms with Gasteiger partial charge in [0.05, 0.1) is 11.6 Å². The number of pyridine rings is 1. The van der Waals surface area contributed by atoms with Crippen LogP contribution in [-0.4, -0.2) is 23.5 Å². The van der Waals surface area contributed by atoms with Gasteiger partial charge >= 0.3 is 6.18 Å². The number of halogens is 4. The highest BCUT2D eigenvalue weighted by Crippen LogP contribution is 2.37. The zero-order chi connectivity index (χ0) is 16.6. The average molecular weight is 358 g/mol. The molecule has 0 aliphatic carbocycles. The molecule has 1 aromatic heterocycles. The second kappa shape index (κ2) is 6.78. The molecule has 0 saturated carbocycles. The molecule has 2 heterocycles. The van der Waals surface area contributed by atoms with Crippen molar-refractivity contribution in [3.8, 4) is 11.1 Å². The minimum atomic E-state index is -4.44. The molecule has 0 spiro atoms. The Bertz CT molecular complexity index is 734. The van der Waals surface area contributed by atoms with Crippen LogP contribution in [0, 0.1) is 0 Å². The molecule has 1 aliphatic rings. The highest BCUT2D eigenvalue weighted by molar-refractivity contribution is 5.98. The number of carbonyl (C=O) groups excluding carboxylic acids is 1. The Morgan fingerprint density at radius 3 is 2.42 bits per heavy atom. The third-order valence-corrected chi connectivity index (χ3v) is 3.81. The summed E-state index contributed by atoms with van der Waals surface area (Å²) in [6.45, 7) is 0.464. The number of amides is 1. The van der Waals surface area contributed by atoms with Crippen molar-refractivity contribution in [3.63, 3.8) is 0 Å². The van der Waals surface area contributed by atoms with Crippen LogP contribution in [0.2, 0.25) is 0 Å². The summed E-state index contributed by atoms with van der Waals surface area (Å²) in [5.74, 6) is 0.178. The number of hydrogen-bond donors (Lipinski definition) is 1. The molecule has 0 radical (unpaired) electrons. The second-order valence-electron chi connectivity index (χ2n) is 5.33. The van der Waals surface area contributed by atoms with Crippen LogP contribution in [0.25, 0.3) is 11.1 Å². The molecule has 1 aliphatic heterocycles. The van der Waals surface area contributed by atoms with Crippen molar-refractivity contribution >= 4 is 24.1 Å². The van der Waals surface area contributed by atoms with Crippen molar-refractivity contribution in [1.29, 1.82) is 0 Å². The minimum Gasteiger partial charge on any atom is -0.320 e. The van der Waals surface area contributed by atoms with Crippen LogP contribution < -0.4 is 10.6 Å². The highest BCUT2D eigenvalue weighted by atomic mass is 35.5. The normalized spacial score (nSPS) is 17.8. The number of carbonyl (C=O) groups is 1. The molecule has 1 amide bonds. The molecule has 24 heavy (non-hydrogen) atoms. The van der Waals surface area contributed by atoms with Gasteiger partial charge in [-0.3, -0.25) is 9.69 Å². The first kappa shape index (κ1) is 18.2. The van der Waals surface area contributed by atoms with Gasteiger partial charge < -0.3 is 5.73 Å². The Morgan fingerprint density at radius 1 is 1.17 bits per heavy atom. The van der Waals surface area contributed by atoms with Crippen molar-refractivity contribution < 1.29 is 18.0 Å².